The van der Waals surface area contributed by atoms with Gasteiger partial charge in [0.1, 0.15) is 0 Å². The highest BCUT2D eigenvalue weighted by Crippen LogP contribution is 2.21. The molecule has 0 saturated carbocycles. The first kappa shape index (κ1) is 16.0. The highest BCUT2D eigenvalue weighted by molar-refractivity contribution is 7.80. The minimum atomic E-state index is -0.484. The Balaban J connectivity index is 1.92. The minimum absolute atomic E-state index is 0.209. The molecule has 1 unspecified atom stereocenters. The summed E-state index contributed by atoms with van der Waals surface area (Å²) in [6, 6.07) is 4.97. The van der Waals surface area contributed by atoms with Crippen LogP contribution in [-0.4, -0.2) is 37.4 Å². The van der Waals surface area contributed by atoms with Crippen LogP contribution in [0.5, 0.6) is 0 Å². The van der Waals surface area contributed by atoms with Gasteiger partial charge >= 0.3 is 5.97 Å². The molecule has 1 heterocycles. The second-order valence-electron chi connectivity index (χ2n) is 4.66. The first-order chi connectivity index (χ1) is 10.1. The van der Waals surface area contributed by atoms with Gasteiger partial charge < -0.3 is 20.1 Å². The number of thiocarbonyl (C=S) groups is 1. The summed E-state index contributed by atoms with van der Waals surface area (Å²) in [6.07, 6.45) is 2.34. The van der Waals surface area contributed by atoms with E-state index in [0.717, 1.165) is 19.4 Å². The lowest BCUT2D eigenvalue weighted by atomic mass is 10.2. The van der Waals surface area contributed by atoms with Crippen LogP contribution in [0.15, 0.2) is 18.2 Å². The molecule has 1 aliphatic heterocycles. The largest absolute Gasteiger partial charge is 0.465 e. The maximum Gasteiger partial charge on any atom is 0.339 e. The van der Waals surface area contributed by atoms with Gasteiger partial charge in [0.05, 0.1) is 23.8 Å². The summed E-state index contributed by atoms with van der Waals surface area (Å²) in [7, 11) is 1.31. The SMILES string of the molecule is COC(=O)c1cc(NC(=S)NCC2CCCO2)ccc1Cl. The van der Waals surface area contributed by atoms with Crippen molar-refractivity contribution in [2.75, 3.05) is 25.6 Å². The van der Waals surface area contributed by atoms with Crippen molar-refractivity contribution in [3.05, 3.63) is 28.8 Å². The normalized spacial score (nSPS) is 17.3. The van der Waals surface area contributed by atoms with Gasteiger partial charge in [-0.15, -0.1) is 0 Å². The van der Waals surface area contributed by atoms with Crippen LogP contribution in [0.1, 0.15) is 23.2 Å². The Bertz CT molecular complexity index is 533. The molecule has 1 atom stereocenters. The van der Waals surface area contributed by atoms with E-state index < -0.39 is 5.97 Å². The second-order valence-corrected chi connectivity index (χ2v) is 5.47. The standard InChI is InChI=1S/C14H17ClN2O3S/c1-19-13(18)11-7-9(4-5-12(11)15)17-14(21)16-8-10-3-2-6-20-10/h4-5,7,10H,2-3,6,8H2,1H3,(H2,16,17,21). The molecule has 7 heteroatoms. The molecular formula is C14H17ClN2O3S. The zero-order valence-corrected chi connectivity index (χ0v) is 13.2. The van der Waals surface area contributed by atoms with Crippen molar-refractivity contribution in [1.82, 2.24) is 5.32 Å². The van der Waals surface area contributed by atoms with Gasteiger partial charge in [-0.05, 0) is 43.3 Å². The Labute approximate surface area is 133 Å². The molecule has 1 saturated heterocycles. The smallest absolute Gasteiger partial charge is 0.339 e. The molecule has 1 fully saturated rings. The fourth-order valence-electron chi connectivity index (χ4n) is 2.06. The van der Waals surface area contributed by atoms with Gasteiger partial charge in [-0.2, -0.15) is 0 Å². The van der Waals surface area contributed by atoms with Crippen molar-refractivity contribution in [2.24, 2.45) is 0 Å². The van der Waals surface area contributed by atoms with E-state index in [9.17, 15) is 4.79 Å². The Morgan fingerprint density at radius 2 is 2.38 bits per heavy atom. The van der Waals surface area contributed by atoms with Gasteiger partial charge in [0.15, 0.2) is 5.11 Å². The highest BCUT2D eigenvalue weighted by atomic mass is 35.5. The monoisotopic (exact) mass is 328 g/mol. The molecule has 2 rings (SSSR count). The van der Waals surface area contributed by atoms with Gasteiger partial charge in [0.2, 0.25) is 0 Å². The highest BCUT2D eigenvalue weighted by Gasteiger charge is 2.16. The average molecular weight is 329 g/mol. The molecule has 0 aliphatic carbocycles. The summed E-state index contributed by atoms with van der Waals surface area (Å²) < 4.78 is 10.2. The maximum atomic E-state index is 11.6. The number of nitrogens with one attached hydrogen (secondary N) is 2. The topological polar surface area (TPSA) is 59.6 Å². The number of hydrogen-bond donors (Lipinski definition) is 2. The van der Waals surface area contributed by atoms with Crippen molar-refractivity contribution >= 4 is 40.6 Å². The van der Waals surface area contributed by atoms with Crippen LogP contribution in [0, 0.1) is 0 Å². The summed E-state index contributed by atoms with van der Waals surface area (Å²) in [5, 5.41) is 6.92. The zero-order chi connectivity index (χ0) is 15.2. The van der Waals surface area contributed by atoms with E-state index in [2.05, 4.69) is 15.4 Å². The quantitative estimate of drug-likeness (QED) is 0.654. The lowest BCUT2D eigenvalue weighted by Crippen LogP contribution is -2.34. The van der Waals surface area contributed by atoms with Crippen LogP contribution < -0.4 is 10.6 Å². The number of carbonyl (C=O) groups excluding carboxylic acids is 1. The fraction of sp³-hybridized carbons (Fsp3) is 0.429. The van der Waals surface area contributed by atoms with Crippen LogP contribution in [-0.2, 0) is 9.47 Å². The van der Waals surface area contributed by atoms with Gasteiger partial charge in [0.25, 0.3) is 0 Å². The first-order valence-electron chi connectivity index (χ1n) is 6.64. The second kappa shape index (κ2) is 7.59. The van der Waals surface area contributed by atoms with Crippen molar-refractivity contribution in [1.29, 1.82) is 0 Å². The Morgan fingerprint density at radius 1 is 1.57 bits per heavy atom. The molecule has 1 aromatic carbocycles. The Morgan fingerprint density at radius 3 is 3.05 bits per heavy atom. The van der Waals surface area contributed by atoms with Crippen LogP contribution in [0.4, 0.5) is 5.69 Å². The minimum Gasteiger partial charge on any atom is -0.465 e. The third kappa shape index (κ3) is 4.56. The number of halogens is 1. The van der Waals surface area contributed by atoms with Gasteiger partial charge in [-0.25, -0.2) is 4.79 Å². The molecule has 0 amide bonds. The molecule has 0 bridgehead atoms. The van der Waals surface area contributed by atoms with E-state index >= 15 is 0 Å². The van der Waals surface area contributed by atoms with E-state index in [1.165, 1.54) is 7.11 Å². The van der Waals surface area contributed by atoms with Crippen LogP contribution in [0.3, 0.4) is 0 Å². The van der Waals surface area contributed by atoms with E-state index in [4.69, 9.17) is 28.6 Å². The number of benzene rings is 1. The summed E-state index contributed by atoms with van der Waals surface area (Å²) >= 11 is 11.2. The van der Waals surface area contributed by atoms with Crippen molar-refractivity contribution < 1.29 is 14.3 Å². The average Bonchev–Trinajstić information content (AvgIpc) is 2.99. The molecule has 0 spiro atoms. The molecule has 21 heavy (non-hydrogen) atoms. The summed E-state index contributed by atoms with van der Waals surface area (Å²) in [5.74, 6) is -0.484. The van der Waals surface area contributed by atoms with Crippen LogP contribution >= 0.6 is 23.8 Å². The number of rotatable bonds is 4. The molecule has 1 aliphatic rings. The predicted molar refractivity (Wildman–Crippen MR) is 86.0 cm³/mol. The van der Waals surface area contributed by atoms with Crippen molar-refractivity contribution in [3.63, 3.8) is 0 Å². The number of anilines is 1. The zero-order valence-electron chi connectivity index (χ0n) is 11.6. The summed E-state index contributed by atoms with van der Waals surface area (Å²) in [6.45, 7) is 1.48. The molecule has 114 valence electrons. The lowest BCUT2D eigenvalue weighted by Gasteiger charge is -2.14. The first-order valence-corrected chi connectivity index (χ1v) is 7.43. The van der Waals surface area contributed by atoms with Crippen molar-refractivity contribution in [2.45, 2.75) is 18.9 Å². The van der Waals surface area contributed by atoms with Gasteiger partial charge in [-0.3, -0.25) is 0 Å². The number of carbonyl (C=O) groups is 1. The number of ether oxygens (including phenoxy) is 2. The summed E-state index contributed by atoms with van der Waals surface area (Å²) in [5.41, 5.74) is 0.968. The molecule has 0 aromatic heterocycles. The summed E-state index contributed by atoms with van der Waals surface area (Å²) in [4.78, 5) is 11.6. The maximum absolute atomic E-state index is 11.6. The van der Waals surface area contributed by atoms with Crippen LogP contribution in [0.25, 0.3) is 0 Å². The molecule has 5 nitrogen and oxygen atoms in total. The predicted octanol–water partition coefficient (Wildman–Crippen LogP) is 2.59. The van der Waals surface area contributed by atoms with E-state index in [1.807, 2.05) is 0 Å². The Hall–Kier alpha value is -1.37. The Kier molecular flexibility index (Phi) is 5.78. The lowest BCUT2D eigenvalue weighted by molar-refractivity contribution is 0.0601. The molecule has 0 radical (unpaired) electrons. The third-order valence-electron chi connectivity index (χ3n) is 3.14. The molecule has 1 aromatic rings. The fourth-order valence-corrected chi connectivity index (χ4v) is 2.45. The molecular weight excluding hydrogens is 312 g/mol. The van der Waals surface area contributed by atoms with Gasteiger partial charge in [0, 0.05) is 18.8 Å². The van der Waals surface area contributed by atoms with E-state index in [-0.39, 0.29) is 6.10 Å². The number of esters is 1. The van der Waals surface area contributed by atoms with Gasteiger partial charge in [-0.1, -0.05) is 11.6 Å². The van der Waals surface area contributed by atoms with E-state index in [0.29, 0.717) is 27.9 Å². The number of hydrogen-bond acceptors (Lipinski definition) is 4. The van der Waals surface area contributed by atoms with Crippen LogP contribution in [0.2, 0.25) is 5.02 Å². The van der Waals surface area contributed by atoms with E-state index in [1.54, 1.807) is 18.2 Å². The number of methoxy groups -OCH3 is 1. The molecule has 2 N–H and O–H groups in total. The van der Waals surface area contributed by atoms with Crippen molar-refractivity contribution in [3.8, 4) is 0 Å². The third-order valence-corrected chi connectivity index (χ3v) is 3.72.